The molecule has 152 valence electrons. The Hall–Kier alpha value is -1.17. The van der Waals surface area contributed by atoms with E-state index in [1.807, 2.05) is 0 Å². The summed E-state index contributed by atoms with van der Waals surface area (Å²) in [6.07, 6.45) is -9.25. The lowest BCUT2D eigenvalue weighted by Gasteiger charge is -2.39. The SMILES string of the molecule is CC(C)OP1(=O)OC[C@@]2(C(F)F)O[C@@H](n3cc(Cl)c(N)nc3=O)[C@H](F)[C@@H]2O1. The van der Waals surface area contributed by atoms with Gasteiger partial charge in [-0.1, -0.05) is 11.6 Å². The Morgan fingerprint density at radius 3 is 2.78 bits per heavy atom. The fourth-order valence-electron chi connectivity index (χ4n) is 2.79. The van der Waals surface area contributed by atoms with Gasteiger partial charge in [0.05, 0.1) is 17.7 Å². The smallest absolute Gasteiger partial charge is 0.382 e. The highest BCUT2D eigenvalue weighted by Gasteiger charge is 2.68. The fourth-order valence-corrected chi connectivity index (χ4v) is 4.56. The van der Waals surface area contributed by atoms with E-state index >= 15 is 4.39 Å². The van der Waals surface area contributed by atoms with Crippen molar-refractivity contribution in [2.24, 2.45) is 0 Å². The summed E-state index contributed by atoms with van der Waals surface area (Å²) in [7, 11) is -4.31. The molecule has 2 N–H and O–H groups in total. The molecule has 0 saturated carbocycles. The summed E-state index contributed by atoms with van der Waals surface area (Å²) in [6.45, 7) is 2.04. The number of nitrogen functional groups attached to an aromatic ring is 1. The number of nitrogens with two attached hydrogens (primary N) is 1. The maximum absolute atomic E-state index is 15.0. The van der Waals surface area contributed by atoms with E-state index in [4.69, 9.17) is 35.6 Å². The van der Waals surface area contributed by atoms with Gasteiger partial charge in [0.1, 0.15) is 11.9 Å². The molecule has 0 aromatic carbocycles. The molecule has 5 atom stereocenters. The van der Waals surface area contributed by atoms with Crippen molar-refractivity contribution in [3.63, 3.8) is 0 Å². The van der Waals surface area contributed by atoms with E-state index < -0.39 is 56.8 Å². The van der Waals surface area contributed by atoms with Crippen molar-refractivity contribution in [2.75, 3.05) is 12.3 Å². The zero-order chi connectivity index (χ0) is 20.1. The number of aromatic nitrogens is 2. The number of halogens is 4. The van der Waals surface area contributed by atoms with Crippen molar-refractivity contribution in [2.45, 2.75) is 50.5 Å². The van der Waals surface area contributed by atoms with Crippen LogP contribution in [0.3, 0.4) is 0 Å². The van der Waals surface area contributed by atoms with Crippen LogP contribution in [-0.2, 0) is 22.9 Å². The first kappa shape index (κ1) is 20.6. The van der Waals surface area contributed by atoms with Gasteiger partial charge in [0.25, 0.3) is 6.43 Å². The summed E-state index contributed by atoms with van der Waals surface area (Å²) >= 11 is 5.77. The number of phosphoric ester groups is 1. The molecule has 1 aromatic rings. The molecule has 1 aromatic heterocycles. The van der Waals surface area contributed by atoms with Crippen LogP contribution < -0.4 is 11.4 Å². The molecular weight excluding hydrogens is 418 g/mol. The van der Waals surface area contributed by atoms with Crippen LogP contribution in [0.1, 0.15) is 20.1 Å². The number of phosphoric acid groups is 1. The Labute approximate surface area is 156 Å². The number of fused-ring (bicyclic) bond motifs is 1. The zero-order valence-electron chi connectivity index (χ0n) is 14.1. The van der Waals surface area contributed by atoms with Gasteiger partial charge in [-0.25, -0.2) is 22.5 Å². The summed E-state index contributed by atoms with van der Waals surface area (Å²) in [4.78, 5) is 15.4. The quantitative estimate of drug-likeness (QED) is 0.719. The lowest BCUT2D eigenvalue weighted by atomic mass is 9.97. The van der Waals surface area contributed by atoms with Gasteiger partial charge in [-0.2, -0.15) is 4.98 Å². The first-order valence-corrected chi connectivity index (χ1v) is 9.58. The van der Waals surface area contributed by atoms with E-state index in [1.165, 1.54) is 13.8 Å². The van der Waals surface area contributed by atoms with Gasteiger partial charge in [-0.3, -0.25) is 18.1 Å². The molecule has 0 radical (unpaired) electrons. The van der Waals surface area contributed by atoms with Crippen LogP contribution in [0.25, 0.3) is 0 Å². The van der Waals surface area contributed by atoms with E-state index in [0.717, 1.165) is 6.20 Å². The molecule has 9 nitrogen and oxygen atoms in total. The second-order valence-electron chi connectivity index (χ2n) is 6.27. The largest absolute Gasteiger partial charge is 0.475 e. The molecular formula is C13H16ClF3N3O6P. The topological polar surface area (TPSA) is 115 Å². The molecule has 0 aliphatic carbocycles. The third-order valence-electron chi connectivity index (χ3n) is 3.99. The first-order chi connectivity index (χ1) is 12.5. The van der Waals surface area contributed by atoms with Crippen LogP contribution in [0.2, 0.25) is 5.02 Å². The predicted octanol–water partition coefficient (Wildman–Crippen LogP) is 2.30. The lowest BCUT2D eigenvalue weighted by molar-refractivity contribution is -0.208. The maximum atomic E-state index is 15.0. The zero-order valence-corrected chi connectivity index (χ0v) is 15.7. The number of hydrogen-bond donors (Lipinski definition) is 1. The Bertz CT molecular complexity index is 842. The Morgan fingerprint density at radius 1 is 1.52 bits per heavy atom. The normalized spacial score (nSPS) is 36.4. The van der Waals surface area contributed by atoms with Gasteiger partial charge in [0, 0.05) is 6.20 Å². The molecule has 14 heteroatoms. The highest BCUT2D eigenvalue weighted by Crippen LogP contribution is 2.61. The number of alkyl halides is 3. The van der Waals surface area contributed by atoms with Crippen molar-refractivity contribution >= 4 is 25.2 Å². The second-order valence-corrected chi connectivity index (χ2v) is 8.25. The number of anilines is 1. The van der Waals surface area contributed by atoms with Gasteiger partial charge >= 0.3 is 13.5 Å². The molecule has 2 aliphatic heterocycles. The van der Waals surface area contributed by atoms with Crippen LogP contribution >= 0.6 is 19.4 Å². The second kappa shape index (κ2) is 7.02. The van der Waals surface area contributed by atoms with E-state index in [-0.39, 0.29) is 10.8 Å². The Balaban J connectivity index is 2.00. The summed E-state index contributed by atoms with van der Waals surface area (Å²) in [6, 6.07) is 0. The van der Waals surface area contributed by atoms with Crippen LogP contribution in [0.15, 0.2) is 11.0 Å². The van der Waals surface area contributed by atoms with Gasteiger partial charge < -0.3 is 10.5 Å². The Kier molecular flexibility index (Phi) is 5.34. The molecule has 27 heavy (non-hydrogen) atoms. The van der Waals surface area contributed by atoms with Crippen LogP contribution in [-0.4, -0.2) is 46.6 Å². The molecule has 0 spiro atoms. The van der Waals surface area contributed by atoms with E-state index in [1.54, 1.807) is 0 Å². The first-order valence-electron chi connectivity index (χ1n) is 7.74. The van der Waals surface area contributed by atoms with Gasteiger partial charge in [0.15, 0.2) is 18.0 Å². The molecule has 3 heterocycles. The molecule has 2 fully saturated rings. The van der Waals surface area contributed by atoms with Gasteiger partial charge in [-0.15, -0.1) is 0 Å². The third-order valence-corrected chi connectivity index (χ3v) is 5.89. The predicted molar refractivity (Wildman–Crippen MR) is 86.3 cm³/mol. The van der Waals surface area contributed by atoms with Crippen molar-refractivity contribution < 1.29 is 36.0 Å². The highest BCUT2D eigenvalue weighted by molar-refractivity contribution is 7.48. The van der Waals surface area contributed by atoms with Crippen molar-refractivity contribution in [1.29, 1.82) is 0 Å². The Morgan fingerprint density at radius 2 is 2.19 bits per heavy atom. The van der Waals surface area contributed by atoms with E-state index in [9.17, 15) is 18.1 Å². The minimum atomic E-state index is -4.31. The number of hydrogen-bond acceptors (Lipinski definition) is 8. The van der Waals surface area contributed by atoms with Crippen molar-refractivity contribution in [3.05, 3.63) is 21.7 Å². The maximum Gasteiger partial charge on any atom is 0.475 e. The molecule has 2 saturated heterocycles. The minimum absolute atomic E-state index is 0.211. The fraction of sp³-hybridized carbons (Fsp3) is 0.692. The third kappa shape index (κ3) is 3.50. The lowest BCUT2D eigenvalue weighted by Crippen LogP contribution is -2.55. The van der Waals surface area contributed by atoms with E-state index in [0.29, 0.717) is 4.57 Å². The molecule has 1 unspecified atom stereocenters. The molecule has 0 bridgehead atoms. The number of ether oxygens (including phenoxy) is 1. The van der Waals surface area contributed by atoms with Crippen LogP contribution in [0.5, 0.6) is 0 Å². The minimum Gasteiger partial charge on any atom is -0.382 e. The summed E-state index contributed by atoms with van der Waals surface area (Å²) < 4.78 is 75.5. The number of nitrogens with zero attached hydrogens (tertiary/aromatic N) is 2. The van der Waals surface area contributed by atoms with E-state index in [2.05, 4.69) is 4.98 Å². The van der Waals surface area contributed by atoms with Gasteiger partial charge in [0.2, 0.25) is 0 Å². The summed E-state index contributed by atoms with van der Waals surface area (Å²) in [5, 5.41) is -0.211. The van der Waals surface area contributed by atoms with Gasteiger partial charge in [-0.05, 0) is 13.8 Å². The van der Waals surface area contributed by atoms with Crippen LogP contribution in [0.4, 0.5) is 19.0 Å². The molecule has 2 aliphatic rings. The monoisotopic (exact) mass is 433 g/mol. The molecule has 0 amide bonds. The average molecular weight is 434 g/mol. The van der Waals surface area contributed by atoms with Crippen molar-refractivity contribution in [3.8, 4) is 0 Å². The van der Waals surface area contributed by atoms with Crippen molar-refractivity contribution in [1.82, 2.24) is 9.55 Å². The summed E-state index contributed by atoms with van der Waals surface area (Å²) in [5.74, 6) is -0.318. The van der Waals surface area contributed by atoms with Crippen LogP contribution in [0, 0.1) is 0 Å². The highest BCUT2D eigenvalue weighted by atomic mass is 35.5. The summed E-state index contributed by atoms with van der Waals surface area (Å²) in [5.41, 5.74) is 1.71. The average Bonchev–Trinajstić information content (AvgIpc) is 2.84. The molecule has 3 rings (SSSR count). The standard InChI is InChI=1S/C13H16ClF3N3O6P/c1-5(2)25-27(22)23-4-13(11(16)17)8(26-27)7(15)10(24-13)20-3-6(14)9(18)19-12(20)21/h3,5,7-8,10-11H,4H2,1-2H3,(H2,18,19,21)/t7-,8+,10-,13-,27?/m1/s1. The number of rotatable bonds is 4.